The van der Waals surface area contributed by atoms with Gasteiger partial charge in [0.2, 0.25) is 0 Å². The summed E-state index contributed by atoms with van der Waals surface area (Å²) in [5, 5.41) is 10.8. The van der Waals surface area contributed by atoms with Gasteiger partial charge in [-0.3, -0.25) is 0 Å². The van der Waals surface area contributed by atoms with Crippen molar-refractivity contribution in [3.8, 4) is 0 Å². The molecule has 0 saturated heterocycles. The highest BCUT2D eigenvalue weighted by molar-refractivity contribution is 7.91. The van der Waals surface area contributed by atoms with E-state index in [1.54, 1.807) is 18.3 Å². The fraction of sp³-hybridized carbons (Fsp3) is 0.273. The Bertz CT molecular complexity index is 691. The van der Waals surface area contributed by atoms with Crippen LogP contribution in [0.3, 0.4) is 0 Å². The Hall–Kier alpha value is -1.29. The lowest BCUT2D eigenvalue weighted by atomic mass is 10.2. The number of aromatic carboxylic acids is 1. The lowest BCUT2D eigenvalue weighted by Crippen LogP contribution is -2.34. The highest BCUT2D eigenvalue weighted by atomic mass is 32.2. The van der Waals surface area contributed by atoms with E-state index in [4.69, 9.17) is 5.11 Å². The quantitative estimate of drug-likeness (QED) is 0.841. The maximum absolute atomic E-state index is 12.2. The zero-order chi connectivity index (χ0) is 14.8. The number of nitrogens with zero attached hydrogens (tertiary/aromatic N) is 1. The largest absolute Gasteiger partial charge is 0.476 e. The first kappa shape index (κ1) is 15.1. The van der Waals surface area contributed by atoms with Gasteiger partial charge in [-0.2, -0.15) is 0 Å². The standard InChI is InChI=1S/C11H12N2O4S3/c1-7(5-8-3-2-4-18-8)13-20(16,17)11-9(10(14)15)12-6-19-11/h2-4,6-7,13H,5H2,1H3,(H,14,15). The second-order valence-electron chi connectivity index (χ2n) is 4.10. The summed E-state index contributed by atoms with van der Waals surface area (Å²) in [6, 6.07) is 3.49. The number of aromatic nitrogens is 1. The molecule has 0 fully saturated rings. The Morgan fingerprint density at radius 3 is 2.85 bits per heavy atom. The van der Waals surface area contributed by atoms with Gasteiger partial charge in [-0.25, -0.2) is 22.9 Å². The summed E-state index contributed by atoms with van der Waals surface area (Å²) < 4.78 is 26.5. The van der Waals surface area contributed by atoms with Crippen molar-refractivity contribution in [2.75, 3.05) is 0 Å². The van der Waals surface area contributed by atoms with E-state index in [-0.39, 0.29) is 10.3 Å². The van der Waals surface area contributed by atoms with Crippen LogP contribution in [0.25, 0.3) is 0 Å². The molecule has 6 nitrogen and oxygen atoms in total. The van der Waals surface area contributed by atoms with Crippen LogP contribution in [0.1, 0.15) is 22.3 Å². The van der Waals surface area contributed by atoms with Gasteiger partial charge in [-0.05, 0) is 24.8 Å². The molecular weight excluding hydrogens is 320 g/mol. The van der Waals surface area contributed by atoms with Crippen LogP contribution in [-0.4, -0.2) is 30.5 Å². The lowest BCUT2D eigenvalue weighted by Gasteiger charge is -2.12. The van der Waals surface area contributed by atoms with Crippen molar-refractivity contribution >= 4 is 38.7 Å². The van der Waals surface area contributed by atoms with E-state index in [2.05, 4.69) is 9.71 Å². The van der Waals surface area contributed by atoms with Crippen LogP contribution in [-0.2, 0) is 16.4 Å². The molecule has 108 valence electrons. The summed E-state index contributed by atoms with van der Waals surface area (Å²) in [5.74, 6) is -1.35. The first-order valence-corrected chi connectivity index (χ1v) is 8.86. The van der Waals surface area contributed by atoms with Crippen LogP contribution in [0, 0.1) is 0 Å². The number of hydrogen-bond acceptors (Lipinski definition) is 6. The molecule has 0 amide bonds. The maximum atomic E-state index is 12.2. The zero-order valence-electron chi connectivity index (χ0n) is 10.4. The number of carboxylic acid groups (broad SMARTS) is 1. The minimum absolute atomic E-state index is 0.261. The fourth-order valence-corrected chi connectivity index (χ4v) is 4.89. The van der Waals surface area contributed by atoms with Crippen molar-refractivity contribution in [2.45, 2.75) is 23.6 Å². The summed E-state index contributed by atoms with van der Waals surface area (Å²) in [6.45, 7) is 1.73. The predicted octanol–water partition coefficient (Wildman–Crippen LogP) is 1.81. The molecule has 2 heterocycles. The average molecular weight is 332 g/mol. The summed E-state index contributed by atoms with van der Waals surface area (Å²) in [4.78, 5) is 15.6. The number of rotatable bonds is 6. The van der Waals surface area contributed by atoms with Crippen molar-refractivity contribution in [3.63, 3.8) is 0 Å². The molecule has 2 aromatic heterocycles. The summed E-state index contributed by atoms with van der Waals surface area (Å²) in [5.41, 5.74) is 0.771. The van der Waals surface area contributed by atoms with Gasteiger partial charge < -0.3 is 5.11 Å². The molecule has 0 aliphatic rings. The maximum Gasteiger partial charge on any atom is 0.356 e. The minimum Gasteiger partial charge on any atom is -0.476 e. The number of hydrogen-bond donors (Lipinski definition) is 2. The molecule has 0 aliphatic carbocycles. The third-order valence-corrected chi connectivity index (χ3v) is 6.28. The minimum atomic E-state index is -3.87. The Morgan fingerprint density at radius 2 is 2.25 bits per heavy atom. The molecule has 2 rings (SSSR count). The fourth-order valence-electron chi connectivity index (χ4n) is 1.66. The van der Waals surface area contributed by atoms with Crippen LogP contribution in [0.15, 0.2) is 27.2 Å². The van der Waals surface area contributed by atoms with Gasteiger partial charge in [0.05, 0.1) is 5.51 Å². The molecule has 0 aromatic carbocycles. The third-order valence-electron chi connectivity index (χ3n) is 2.43. The second kappa shape index (κ2) is 6.00. The first-order chi connectivity index (χ1) is 9.40. The number of thiazole rings is 1. The molecule has 0 bridgehead atoms. The SMILES string of the molecule is CC(Cc1cccs1)NS(=O)(=O)c1scnc1C(=O)O. The Kier molecular flexibility index (Phi) is 4.53. The molecule has 9 heteroatoms. The number of sulfonamides is 1. The van der Waals surface area contributed by atoms with Gasteiger partial charge in [0.15, 0.2) is 9.90 Å². The number of nitrogens with one attached hydrogen (secondary N) is 1. The predicted molar refractivity (Wildman–Crippen MR) is 76.9 cm³/mol. The van der Waals surface area contributed by atoms with Gasteiger partial charge in [-0.15, -0.1) is 22.7 Å². The van der Waals surface area contributed by atoms with Gasteiger partial charge in [0.1, 0.15) is 0 Å². The third kappa shape index (κ3) is 3.42. The highest BCUT2D eigenvalue weighted by Crippen LogP contribution is 2.21. The first-order valence-electron chi connectivity index (χ1n) is 5.61. The van der Waals surface area contributed by atoms with Crippen LogP contribution in [0.2, 0.25) is 0 Å². The van der Waals surface area contributed by atoms with Gasteiger partial charge in [0, 0.05) is 10.9 Å². The molecule has 2 N–H and O–H groups in total. The van der Waals surface area contributed by atoms with Gasteiger partial charge in [0.25, 0.3) is 10.0 Å². The molecule has 0 spiro atoms. The molecule has 1 unspecified atom stereocenters. The van der Waals surface area contributed by atoms with Gasteiger partial charge >= 0.3 is 5.97 Å². The van der Waals surface area contributed by atoms with Crippen LogP contribution in [0.5, 0.6) is 0 Å². The van der Waals surface area contributed by atoms with E-state index in [9.17, 15) is 13.2 Å². The average Bonchev–Trinajstić information content (AvgIpc) is 2.97. The molecule has 0 saturated carbocycles. The van der Waals surface area contributed by atoms with E-state index in [0.717, 1.165) is 16.2 Å². The molecule has 0 radical (unpaired) electrons. The van der Waals surface area contributed by atoms with Crippen molar-refractivity contribution in [1.29, 1.82) is 0 Å². The summed E-state index contributed by atoms with van der Waals surface area (Å²) >= 11 is 2.34. The Morgan fingerprint density at radius 1 is 1.50 bits per heavy atom. The molecule has 20 heavy (non-hydrogen) atoms. The van der Waals surface area contributed by atoms with E-state index < -0.39 is 21.7 Å². The normalized spacial score (nSPS) is 13.2. The van der Waals surface area contributed by atoms with E-state index in [1.807, 2.05) is 17.5 Å². The van der Waals surface area contributed by atoms with Crippen molar-refractivity contribution in [3.05, 3.63) is 33.6 Å². The smallest absolute Gasteiger partial charge is 0.356 e. The van der Waals surface area contributed by atoms with Crippen LogP contribution >= 0.6 is 22.7 Å². The molecule has 2 aromatic rings. The number of thiophene rings is 1. The summed E-state index contributed by atoms with van der Waals surface area (Å²) in [7, 11) is -3.87. The zero-order valence-corrected chi connectivity index (χ0v) is 12.9. The molecule has 1 atom stereocenters. The Balaban J connectivity index is 2.14. The summed E-state index contributed by atoms with van der Waals surface area (Å²) in [6.07, 6.45) is 0.554. The van der Waals surface area contributed by atoms with Crippen LogP contribution in [0.4, 0.5) is 0 Å². The van der Waals surface area contributed by atoms with E-state index in [1.165, 1.54) is 5.51 Å². The van der Waals surface area contributed by atoms with E-state index >= 15 is 0 Å². The Labute approximate surface area is 124 Å². The second-order valence-corrected chi connectivity index (χ2v) is 7.90. The topological polar surface area (TPSA) is 96.4 Å². The van der Waals surface area contributed by atoms with Crippen molar-refractivity contribution in [2.24, 2.45) is 0 Å². The molecule has 0 aliphatic heterocycles. The van der Waals surface area contributed by atoms with Crippen LogP contribution < -0.4 is 4.72 Å². The van der Waals surface area contributed by atoms with E-state index in [0.29, 0.717) is 6.42 Å². The lowest BCUT2D eigenvalue weighted by molar-refractivity contribution is 0.0687. The molecular formula is C11H12N2O4S3. The monoisotopic (exact) mass is 332 g/mol. The number of carboxylic acids is 1. The van der Waals surface area contributed by atoms with Crippen molar-refractivity contribution < 1.29 is 18.3 Å². The van der Waals surface area contributed by atoms with Crippen molar-refractivity contribution in [1.82, 2.24) is 9.71 Å². The highest BCUT2D eigenvalue weighted by Gasteiger charge is 2.27. The number of carbonyl (C=O) groups is 1. The van der Waals surface area contributed by atoms with Gasteiger partial charge in [-0.1, -0.05) is 6.07 Å².